The highest BCUT2D eigenvalue weighted by molar-refractivity contribution is 6.57. The molecule has 0 spiro atoms. The summed E-state index contributed by atoms with van der Waals surface area (Å²) in [6.07, 6.45) is 0. The number of hydrogen-bond acceptors (Lipinski definition) is 0. The second kappa shape index (κ2) is 6.48. The Morgan fingerprint density at radius 2 is 0.800 bits per heavy atom. The van der Waals surface area contributed by atoms with Crippen LogP contribution in [0.2, 0.25) is 40.2 Å². The van der Waals surface area contributed by atoms with Crippen LogP contribution in [0, 0.1) is 0 Å². The average Bonchev–Trinajstić information content (AvgIpc) is 2.37. The summed E-state index contributed by atoms with van der Waals surface area (Å²) in [7, 11) is 0. The van der Waals surface area contributed by atoms with Crippen LogP contribution in [-0.2, 0) is 0 Å². The lowest BCUT2D eigenvalue weighted by atomic mass is 10.1. The van der Waals surface area contributed by atoms with Gasteiger partial charge in [-0.1, -0.05) is 92.8 Å². The third kappa shape index (κ3) is 2.95. The van der Waals surface area contributed by atoms with E-state index in [-0.39, 0.29) is 35.2 Å². The largest absolute Gasteiger partial charge is 0.0842 e. The topological polar surface area (TPSA) is 0 Å². The van der Waals surface area contributed by atoms with Gasteiger partial charge in [0.15, 0.2) is 0 Å². The molecule has 2 rings (SSSR count). The molecule has 0 heterocycles. The molecule has 0 aromatic heterocycles. The summed E-state index contributed by atoms with van der Waals surface area (Å²) in [6, 6.07) is 3.01. The Bertz CT molecular complexity index is 655. The minimum Gasteiger partial charge on any atom is -0.0842 e. The molecule has 0 aliphatic carbocycles. The maximum Gasteiger partial charge on any atom is 0.0809 e. The van der Waals surface area contributed by atoms with Crippen molar-refractivity contribution in [2.75, 3.05) is 0 Å². The first kappa shape index (κ1) is 17.1. The second-order valence-electron chi connectivity index (χ2n) is 3.69. The van der Waals surface area contributed by atoms with E-state index in [0.29, 0.717) is 16.1 Å². The Balaban J connectivity index is 2.91. The minimum atomic E-state index is 0.0632. The van der Waals surface area contributed by atoms with Crippen molar-refractivity contribution >= 4 is 92.8 Å². The van der Waals surface area contributed by atoms with Crippen LogP contribution < -0.4 is 0 Å². The first-order valence-electron chi connectivity index (χ1n) is 4.92. The highest BCUT2D eigenvalue weighted by atomic mass is 35.5. The molecule has 0 nitrogen and oxygen atoms in total. The van der Waals surface area contributed by atoms with E-state index in [0.717, 1.165) is 0 Å². The Hall–Kier alpha value is 0.760. The molecule has 0 atom stereocenters. The third-order valence-electron chi connectivity index (χ3n) is 2.47. The molecule has 0 radical (unpaired) electrons. The molecule has 0 N–H and O–H groups in total. The van der Waals surface area contributed by atoms with Gasteiger partial charge < -0.3 is 0 Å². The van der Waals surface area contributed by atoms with Crippen LogP contribution in [0.15, 0.2) is 12.1 Å². The van der Waals surface area contributed by atoms with Gasteiger partial charge in [0.05, 0.1) is 35.2 Å². The lowest BCUT2D eigenvalue weighted by Crippen LogP contribution is -1.89. The van der Waals surface area contributed by atoms with E-state index < -0.39 is 0 Å². The van der Waals surface area contributed by atoms with Crippen molar-refractivity contribution < 1.29 is 0 Å². The van der Waals surface area contributed by atoms with Crippen molar-refractivity contribution in [3.8, 4) is 11.1 Å². The zero-order valence-corrected chi connectivity index (χ0v) is 15.2. The van der Waals surface area contributed by atoms with Gasteiger partial charge in [-0.2, -0.15) is 0 Å². The maximum absolute atomic E-state index is 6.18. The number of rotatable bonds is 1. The van der Waals surface area contributed by atoms with Crippen molar-refractivity contribution in [1.29, 1.82) is 0 Å². The summed E-state index contributed by atoms with van der Waals surface area (Å²) < 4.78 is 0. The van der Waals surface area contributed by atoms with Crippen LogP contribution in [0.25, 0.3) is 11.1 Å². The van der Waals surface area contributed by atoms with Crippen LogP contribution in [0.1, 0.15) is 0 Å². The highest BCUT2D eigenvalue weighted by Gasteiger charge is 2.23. The van der Waals surface area contributed by atoms with E-state index in [4.69, 9.17) is 92.8 Å². The van der Waals surface area contributed by atoms with E-state index in [9.17, 15) is 0 Å². The SMILES string of the molecule is Clc1cc(Cl)c(-c2c(Cl)c(Cl)c(Cl)c(Cl)c2Cl)c(Cl)c1. The molecule has 0 bridgehead atoms. The Kier molecular flexibility index (Phi) is 5.55. The third-order valence-corrected chi connectivity index (χ3v) is 5.56. The van der Waals surface area contributed by atoms with Gasteiger partial charge in [-0.15, -0.1) is 0 Å². The molecule has 0 saturated heterocycles. The van der Waals surface area contributed by atoms with E-state index in [1.165, 1.54) is 12.1 Å². The monoisotopic (exact) mass is 426 g/mol. The highest BCUT2D eigenvalue weighted by Crippen LogP contribution is 2.51. The molecule has 0 aliphatic rings. The predicted octanol–water partition coefficient (Wildman–Crippen LogP) is 8.58. The van der Waals surface area contributed by atoms with E-state index in [1.54, 1.807) is 0 Å². The molecule has 8 heteroatoms. The van der Waals surface area contributed by atoms with Gasteiger partial charge in [0.25, 0.3) is 0 Å². The molecule has 0 fully saturated rings. The van der Waals surface area contributed by atoms with Gasteiger partial charge >= 0.3 is 0 Å². The van der Waals surface area contributed by atoms with Crippen LogP contribution in [0.5, 0.6) is 0 Å². The fourth-order valence-electron chi connectivity index (χ4n) is 1.61. The van der Waals surface area contributed by atoms with E-state index in [1.807, 2.05) is 0 Å². The number of hydrogen-bond donors (Lipinski definition) is 0. The summed E-state index contributed by atoms with van der Waals surface area (Å²) in [4.78, 5) is 0. The maximum atomic E-state index is 6.18. The van der Waals surface area contributed by atoms with E-state index in [2.05, 4.69) is 0 Å². The Morgan fingerprint density at radius 3 is 1.20 bits per heavy atom. The van der Waals surface area contributed by atoms with Crippen LogP contribution >= 0.6 is 92.8 Å². The summed E-state index contributed by atoms with van der Waals surface area (Å²) in [5, 5.41) is 1.32. The van der Waals surface area contributed by atoms with Crippen LogP contribution in [-0.4, -0.2) is 0 Å². The molecule has 0 amide bonds. The molecule has 0 aliphatic heterocycles. The first-order valence-corrected chi connectivity index (χ1v) is 7.94. The van der Waals surface area contributed by atoms with Crippen molar-refractivity contribution in [2.24, 2.45) is 0 Å². The number of benzene rings is 2. The normalized spacial score (nSPS) is 11.0. The predicted molar refractivity (Wildman–Crippen MR) is 92.0 cm³/mol. The average molecular weight is 430 g/mol. The van der Waals surface area contributed by atoms with Crippen molar-refractivity contribution in [3.05, 3.63) is 52.3 Å². The van der Waals surface area contributed by atoms with E-state index >= 15 is 0 Å². The molecule has 106 valence electrons. The summed E-state index contributed by atoms with van der Waals surface area (Å²) in [5.41, 5.74) is 0.688. The Labute approximate surface area is 155 Å². The van der Waals surface area contributed by atoms with Gasteiger partial charge in [0.2, 0.25) is 0 Å². The van der Waals surface area contributed by atoms with Crippen molar-refractivity contribution in [3.63, 3.8) is 0 Å². The molecule has 20 heavy (non-hydrogen) atoms. The van der Waals surface area contributed by atoms with Gasteiger partial charge in [-0.25, -0.2) is 0 Å². The zero-order chi connectivity index (χ0) is 15.2. The van der Waals surface area contributed by atoms with Gasteiger partial charge in [0.1, 0.15) is 0 Å². The standard InChI is InChI=1S/C12H2Cl8/c13-3-1-4(14)6(5(15)2-3)7-8(16)10(18)12(20)11(19)9(7)17/h1-2H. The van der Waals surface area contributed by atoms with Crippen molar-refractivity contribution in [2.45, 2.75) is 0 Å². The van der Waals surface area contributed by atoms with Gasteiger partial charge in [-0.3, -0.25) is 0 Å². The molecule has 2 aromatic rings. The molecule has 2 aromatic carbocycles. The Morgan fingerprint density at radius 1 is 0.450 bits per heavy atom. The molecule has 0 unspecified atom stereocenters. The fraction of sp³-hybridized carbons (Fsp3) is 0. The van der Waals surface area contributed by atoms with Crippen molar-refractivity contribution in [1.82, 2.24) is 0 Å². The smallest absolute Gasteiger partial charge is 0.0809 e. The second-order valence-corrected chi connectivity index (χ2v) is 6.83. The molecular formula is C12H2Cl8. The van der Waals surface area contributed by atoms with Crippen LogP contribution in [0.4, 0.5) is 0 Å². The van der Waals surface area contributed by atoms with Crippen LogP contribution in [0.3, 0.4) is 0 Å². The quantitative estimate of drug-likeness (QED) is 0.314. The minimum absolute atomic E-state index is 0.0632. The number of halogens is 8. The lowest BCUT2D eigenvalue weighted by Gasteiger charge is -2.15. The summed E-state index contributed by atoms with van der Waals surface area (Å²) in [6.45, 7) is 0. The fourth-order valence-corrected chi connectivity index (χ4v) is 3.94. The first-order chi connectivity index (χ1) is 9.25. The molecule has 0 saturated carbocycles. The summed E-state index contributed by atoms with van der Waals surface area (Å²) >= 11 is 48.5. The lowest BCUT2D eigenvalue weighted by molar-refractivity contribution is 1.61. The zero-order valence-electron chi connectivity index (χ0n) is 9.18. The van der Waals surface area contributed by atoms with Gasteiger partial charge in [0, 0.05) is 16.1 Å². The van der Waals surface area contributed by atoms with Gasteiger partial charge in [-0.05, 0) is 12.1 Å². The summed E-state index contributed by atoms with van der Waals surface area (Å²) in [5.74, 6) is 0. The molecular weight excluding hydrogens is 428 g/mol.